The van der Waals surface area contributed by atoms with Crippen LogP contribution in [0.3, 0.4) is 0 Å². The molecule has 1 heterocycles. The maximum atomic E-state index is 12.5. The van der Waals surface area contributed by atoms with Crippen molar-refractivity contribution in [3.05, 3.63) is 66.5 Å². The van der Waals surface area contributed by atoms with E-state index in [-0.39, 0.29) is 17.1 Å². The molecule has 0 aliphatic heterocycles. The van der Waals surface area contributed by atoms with Crippen LogP contribution in [0.5, 0.6) is 0 Å². The first-order valence-corrected chi connectivity index (χ1v) is 8.89. The van der Waals surface area contributed by atoms with Crippen molar-refractivity contribution in [3.63, 3.8) is 0 Å². The van der Waals surface area contributed by atoms with Gasteiger partial charge in [-0.15, -0.1) is 0 Å². The van der Waals surface area contributed by atoms with Gasteiger partial charge in [0.15, 0.2) is 0 Å². The number of sulfonamides is 1. The molecule has 3 aromatic rings. The monoisotopic (exact) mass is 340 g/mol. The van der Waals surface area contributed by atoms with E-state index in [0.29, 0.717) is 16.8 Å². The van der Waals surface area contributed by atoms with Crippen molar-refractivity contribution in [2.75, 3.05) is 4.72 Å². The number of carbonyl (C=O) groups is 1. The number of fused-ring (bicyclic) bond motifs is 1. The Morgan fingerprint density at radius 1 is 1.08 bits per heavy atom. The SMILES string of the molecule is CC(=O)Cc1cc2c(NS(=O)(=O)c3ccccc3)cccc2cn1. The number of hydrogen-bond acceptors (Lipinski definition) is 4. The van der Waals surface area contributed by atoms with Crippen molar-refractivity contribution < 1.29 is 13.2 Å². The van der Waals surface area contributed by atoms with E-state index in [1.54, 1.807) is 42.6 Å². The molecule has 0 radical (unpaired) electrons. The molecule has 1 aromatic heterocycles. The van der Waals surface area contributed by atoms with Crippen LogP contribution in [0, 0.1) is 0 Å². The molecule has 0 spiro atoms. The standard InChI is InChI=1S/C18H16N2O3S/c1-13(21)10-15-11-17-14(12-19-15)6-5-9-18(17)20-24(22,23)16-7-3-2-4-8-16/h2-9,11-12,20H,10H2,1H3. The Bertz CT molecular complexity index is 999. The van der Waals surface area contributed by atoms with Crippen LogP contribution in [0.4, 0.5) is 5.69 Å². The van der Waals surface area contributed by atoms with Gasteiger partial charge in [0.25, 0.3) is 10.0 Å². The van der Waals surface area contributed by atoms with E-state index < -0.39 is 10.0 Å². The molecule has 0 aliphatic carbocycles. The lowest BCUT2D eigenvalue weighted by Crippen LogP contribution is -2.13. The third-order valence-corrected chi connectivity index (χ3v) is 4.93. The van der Waals surface area contributed by atoms with Crippen LogP contribution in [0.1, 0.15) is 12.6 Å². The summed E-state index contributed by atoms with van der Waals surface area (Å²) >= 11 is 0. The molecular formula is C18H16N2O3S. The zero-order valence-corrected chi connectivity index (χ0v) is 13.9. The summed E-state index contributed by atoms with van der Waals surface area (Å²) in [6.45, 7) is 1.50. The highest BCUT2D eigenvalue weighted by atomic mass is 32.2. The number of nitrogens with zero attached hydrogens (tertiary/aromatic N) is 1. The van der Waals surface area contributed by atoms with Crippen molar-refractivity contribution in [1.29, 1.82) is 0 Å². The van der Waals surface area contributed by atoms with Crippen LogP contribution < -0.4 is 4.72 Å². The zero-order chi connectivity index (χ0) is 17.2. The molecule has 0 amide bonds. The summed E-state index contributed by atoms with van der Waals surface area (Å²) in [6.07, 6.45) is 1.86. The lowest BCUT2D eigenvalue weighted by Gasteiger charge is -2.11. The predicted octanol–water partition coefficient (Wildman–Crippen LogP) is 3.17. The quantitative estimate of drug-likeness (QED) is 0.774. The van der Waals surface area contributed by atoms with Crippen LogP contribution in [0.2, 0.25) is 0 Å². The second-order valence-electron chi connectivity index (χ2n) is 5.50. The van der Waals surface area contributed by atoms with Gasteiger partial charge >= 0.3 is 0 Å². The number of anilines is 1. The third-order valence-electron chi connectivity index (χ3n) is 3.55. The lowest BCUT2D eigenvalue weighted by molar-refractivity contribution is -0.116. The maximum Gasteiger partial charge on any atom is 0.261 e. The van der Waals surface area contributed by atoms with Crippen molar-refractivity contribution in [3.8, 4) is 0 Å². The highest BCUT2D eigenvalue weighted by molar-refractivity contribution is 7.92. The molecule has 0 saturated carbocycles. The number of carbonyl (C=O) groups excluding carboxylic acids is 1. The zero-order valence-electron chi connectivity index (χ0n) is 13.1. The molecule has 0 saturated heterocycles. The van der Waals surface area contributed by atoms with E-state index in [2.05, 4.69) is 9.71 Å². The maximum absolute atomic E-state index is 12.5. The summed E-state index contributed by atoms with van der Waals surface area (Å²) in [7, 11) is -3.68. The molecule has 1 N–H and O–H groups in total. The second-order valence-corrected chi connectivity index (χ2v) is 7.18. The third kappa shape index (κ3) is 3.44. The number of rotatable bonds is 5. The minimum Gasteiger partial charge on any atom is -0.300 e. The summed E-state index contributed by atoms with van der Waals surface area (Å²) in [5.41, 5.74) is 1.07. The van der Waals surface area contributed by atoms with E-state index in [1.165, 1.54) is 19.1 Å². The summed E-state index contributed by atoms with van der Waals surface area (Å²) in [6, 6.07) is 15.2. The molecule has 2 aromatic carbocycles. The first-order chi connectivity index (χ1) is 11.5. The smallest absolute Gasteiger partial charge is 0.261 e. The van der Waals surface area contributed by atoms with Gasteiger partial charge in [-0.05, 0) is 31.2 Å². The van der Waals surface area contributed by atoms with E-state index in [4.69, 9.17) is 0 Å². The number of ketones is 1. The molecule has 0 atom stereocenters. The number of Topliss-reactive ketones (excluding diaryl/α,β-unsaturated/α-hetero) is 1. The Hall–Kier alpha value is -2.73. The summed E-state index contributed by atoms with van der Waals surface area (Å²) in [5.74, 6) is 0.00389. The Kier molecular flexibility index (Phi) is 4.31. The minimum absolute atomic E-state index is 0.00389. The number of aromatic nitrogens is 1. The molecule has 3 rings (SSSR count). The van der Waals surface area contributed by atoms with Gasteiger partial charge in [-0.1, -0.05) is 30.3 Å². The molecule has 0 bridgehead atoms. The van der Waals surface area contributed by atoms with Gasteiger partial charge < -0.3 is 0 Å². The molecule has 6 heteroatoms. The fourth-order valence-corrected chi connectivity index (χ4v) is 3.56. The normalized spacial score (nSPS) is 11.4. The summed E-state index contributed by atoms with van der Waals surface area (Å²) in [4.78, 5) is 15.7. The van der Waals surface area contributed by atoms with Crippen LogP contribution >= 0.6 is 0 Å². The van der Waals surface area contributed by atoms with E-state index in [0.717, 1.165) is 5.39 Å². The van der Waals surface area contributed by atoms with Gasteiger partial charge in [-0.3, -0.25) is 14.5 Å². The topological polar surface area (TPSA) is 76.1 Å². The van der Waals surface area contributed by atoms with E-state index >= 15 is 0 Å². The molecular weight excluding hydrogens is 324 g/mol. The molecule has 0 fully saturated rings. The molecule has 122 valence electrons. The van der Waals surface area contributed by atoms with Crippen molar-refractivity contribution in [2.24, 2.45) is 0 Å². The van der Waals surface area contributed by atoms with Crippen LogP contribution in [0.15, 0.2) is 65.7 Å². The van der Waals surface area contributed by atoms with Crippen molar-refractivity contribution >= 4 is 32.3 Å². The van der Waals surface area contributed by atoms with Gasteiger partial charge in [-0.25, -0.2) is 8.42 Å². The van der Waals surface area contributed by atoms with Gasteiger partial charge in [0.2, 0.25) is 0 Å². The average molecular weight is 340 g/mol. The molecule has 5 nitrogen and oxygen atoms in total. The fourth-order valence-electron chi connectivity index (χ4n) is 2.46. The van der Waals surface area contributed by atoms with Crippen molar-refractivity contribution in [1.82, 2.24) is 4.98 Å². The average Bonchev–Trinajstić information content (AvgIpc) is 2.55. The number of hydrogen-bond donors (Lipinski definition) is 1. The van der Waals surface area contributed by atoms with Gasteiger partial charge in [0.1, 0.15) is 5.78 Å². The fraction of sp³-hybridized carbons (Fsp3) is 0.111. The number of nitrogens with one attached hydrogen (secondary N) is 1. The van der Waals surface area contributed by atoms with Crippen LogP contribution in [-0.2, 0) is 21.2 Å². The molecule has 0 aliphatic rings. The predicted molar refractivity (Wildman–Crippen MR) is 93.4 cm³/mol. The Morgan fingerprint density at radius 3 is 2.54 bits per heavy atom. The summed E-state index contributed by atoms with van der Waals surface area (Å²) < 4.78 is 27.7. The van der Waals surface area contributed by atoms with Gasteiger partial charge in [0, 0.05) is 29.1 Å². The molecule has 0 unspecified atom stereocenters. The first kappa shape index (κ1) is 16.1. The van der Waals surface area contributed by atoms with Crippen LogP contribution in [0.25, 0.3) is 10.8 Å². The van der Waals surface area contributed by atoms with E-state index in [1.807, 2.05) is 6.07 Å². The second kappa shape index (κ2) is 6.41. The minimum atomic E-state index is -3.68. The molecule has 24 heavy (non-hydrogen) atoms. The highest BCUT2D eigenvalue weighted by Crippen LogP contribution is 2.26. The lowest BCUT2D eigenvalue weighted by atomic mass is 10.1. The Morgan fingerprint density at radius 2 is 1.83 bits per heavy atom. The largest absolute Gasteiger partial charge is 0.300 e. The van der Waals surface area contributed by atoms with Gasteiger partial charge in [0.05, 0.1) is 10.6 Å². The number of pyridine rings is 1. The van der Waals surface area contributed by atoms with Crippen molar-refractivity contribution in [2.45, 2.75) is 18.2 Å². The van der Waals surface area contributed by atoms with E-state index in [9.17, 15) is 13.2 Å². The Balaban J connectivity index is 2.04. The summed E-state index contributed by atoms with van der Waals surface area (Å²) in [5, 5.41) is 1.51. The Labute approximate surface area is 140 Å². The first-order valence-electron chi connectivity index (χ1n) is 7.41. The highest BCUT2D eigenvalue weighted by Gasteiger charge is 2.15. The van der Waals surface area contributed by atoms with Gasteiger partial charge in [-0.2, -0.15) is 0 Å². The van der Waals surface area contributed by atoms with Crippen LogP contribution in [-0.4, -0.2) is 19.2 Å². The number of benzene rings is 2.